The van der Waals surface area contributed by atoms with Gasteiger partial charge in [-0.3, -0.25) is 4.79 Å². The van der Waals surface area contributed by atoms with E-state index in [4.69, 9.17) is 9.47 Å². The second kappa shape index (κ2) is 26.6. The summed E-state index contributed by atoms with van der Waals surface area (Å²) in [4.78, 5) is 23.5. The van der Waals surface area contributed by atoms with Gasteiger partial charge in [-0.1, -0.05) is 115 Å². The largest absolute Gasteiger partial charge is 1.00 e. The Bertz CT molecular complexity index is 811. The van der Waals surface area contributed by atoms with Crippen LogP contribution in [0.15, 0.2) is 11.6 Å². The molecule has 9 heteroatoms. The molecule has 244 valence electrons. The average Bonchev–Trinajstić information content (AvgIpc) is 3.41. The minimum atomic E-state index is -0.276. The lowest BCUT2D eigenvalue weighted by molar-refractivity contribution is -0.700. The molecule has 1 aromatic heterocycles. The lowest BCUT2D eigenvalue weighted by Crippen LogP contribution is -3.00. The number of aryl methyl sites for hydroxylation is 1. The highest BCUT2D eigenvalue weighted by atomic mass is 79.9. The van der Waals surface area contributed by atoms with Crippen molar-refractivity contribution < 1.29 is 40.6 Å². The molecule has 2 heterocycles. The van der Waals surface area contributed by atoms with E-state index in [9.17, 15) is 9.59 Å². The van der Waals surface area contributed by atoms with Crippen LogP contribution in [0.25, 0.3) is 0 Å². The van der Waals surface area contributed by atoms with E-state index in [0.717, 1.165) is 38.0 Å². The van der Waals surface area contributed by atoms with Crippen molar-refractivity contribution in [2.45, 2.75) is 153 Å². The maximum atomic E-state index is 12.2. The number of thiazole rings is 1. The Morgan fingerprint density at radius 3 is 1.98 bits per heavy atom. The van der Waals surface area contributed by atoms with E-state index in [2.05, 4.69) is 28.4 Å². The van der Waals surface area contributed by atoms with Gasteiger partial charge in [-0.2, -0.15) is 16.3 Å². The van der Waals surface area contributed by atoms with Crippen molar-refractivity contribution in [2.24, 2.45) is 0 Å². The molecule has 6 nitrogen and oxygen atoms in total. The number of amides is 1. The molecule has 2 atom stereocenters. The zero-order chi connectivity index (χ0) is 29.4. The summed E-state index contributed by atoms with van der Waals surface area (Å²) in [7, 11) is 1.44. The maximum Gasteiger partial charge on any atom is 0.407 e. The molecular weight excluding hydrogens is 632 g/mol. The van der Waals surface area contributed by atoms with Gasteiger partial charge in [0.15, 0.2) is 6.20 Å². The first-order valence-corrected chi connectivity index (χ1v) is 18.6. The van der Waals surface area contributed by atoms with Crippen LogP contribution in [-0.2, 0) is 20.8 Å². The van der Waals surface area contributed by atoms with Crippen molar-refractivity contribution in [3.05, 3.63) is 16.6 Å². The molecule has 2 rings (SSSR count). The molecule has 1 saturated heterocycles. The second-order valence-corrected chi connectivity index (χ2v) is 13.8. The SMILES string of the molecule is CCCCCCCCCCCCCCCCCCNC(=O)OCC1SCC1c1scc[n+]1CCCCCC(=O)OC.[Br-]. The Balaban J connectivity index is 0.00000882. The van der Waals surface area contributed by atoms with Crippen molar-refractivity contribution in [3.8, 4) is 0 Å². The normalized spacial score (nSPS) is 16.0. The number of rotatable bonds is 26. The standard InChI is InChI=1S/C33H58N2O4S2.BrH/c1-3-4-5-6-7-8-9-10-11-12-13-14-15-16-17-20-23-34-33(37)39-27-30-29(28-41-30)32-35(25-26-40-32)24-21-18-19-22-31(36)38-2;/h25-26,29-30H,3-24,27-28H2,1-2H3;1H. The number of hydrogen-bond donors (Lipinski definition) is 1. The number of esters is 1. The smallest absolute Gasteiger partial charge is 0.407 e. The monoisotopic (exact) mass is 690 g/mol. The molecule has 1 amide bonds. The van der Waals surface area contributed by atoms with Gasteiger partial charge >= 0.3 is 12.1 Å². The molecule has 0 bridgehead atoms. The molecule has 42 heavy (non-hydrogen) atoms. The Labute approximate surface area is 275 Å². The summed E-state index contributed by atoms with van der Waals surface area (Å²) in [6.07, 6.45) is 27.0. The van der Waals surface area contributed by atoms with E-state index in [1.54, 1.807) is 11.3 Å². The number of alkyl carbamates (subject to hydrolysis) is 1. The lowest BCUT2D eigenvalue weighted by Gasteiger charge is -2.32. The zero-order valence-corrected chi connectivity index (χ0v) is 29.8. The minimum absolute atomic E-state index is 0. The van der Waals surface area contributed by atoms with Crippen LogP contribution in [0, 0.1) is 0 Å². The number of hydrogen-bond acceptors (Lipinski definition) is 6. The number of carbonyl (C=O) groups excluding carboxylic acids is 2. The topological polar surface area (TPSA) is 68.5 Å². The predicted octanol–water partition coefficient (Wildman–Crippen LogP) is 5.96. The van der Waals surface area contributed by atoms with Crippen LogP contribution in [0.3, 0.4) is 0 Å². The molecule has 1 N–H and O–H groups in total. The Kier molecular flexibility index (Phi) is 24.8. The molecular formula is C33H59BrN2O4S2. The van der Waals surface area contributed by atoms with Crippen LogP contribution in [0.5, 0.6) is 0 Å². The van der Waals surface area contributed by atoms with Crippen molar-refractivity contribution in [1.82, 2.24) is 5.32 Å². The van der Waals surface area contributed by atoms with E-state index < -0.39 is 0 Å². The van der Waals surface area contributed by atoms with Gasteiger partial charge in [0.25, 0.3) is 0 Å². The Hall–Kier alpha value is -0.800. The van der Waals surface area contributed by atoms with Gasteiger partial charge in [0, 0.05) is 25.1 Å². The van der Waals surface area contributed by atoms with E-state index in [1.165, 1.54) is 108 Å². The highest BCUT2D eigenvalue weighted by molar-refractivity contribution is 8.01. The van der Waals surface area contributed by atoms with Crippen molar-refractivity contribution in [1.29, 1.82) is 0 Å². The van der Waals surface area contributed by atoms with Gasteiger partial charge in [-0.25, -0.2) is 4.79 Å². The number of aromatic nitrogens is 1. The maximum absolute atomic E-state index is 12.2. The number of unbranched alkanes of at least 4 members (excludes halogenated alkanes) is 17. The van der Waals surface area contributed by atoms with Crippen LogP contribution in [0.2, 0.25) is 0 Å². The minimum Gasteiger partial charge on any atom is -1.00 e. The third-order valence-electron chi connectivity index (χ3n) is 8.15. The summed E-state index contributed by atoms with van der Waals surface area (Å²) in [6, 6.07) is 0. The molecule has 1 aliphatic heterocycles. The van der Waals surface area contributed by atoms with E-state index in [0.29, 0.717) is 30.7 Å². The highest BCUT2D eigenvalue weighted by Crippen LogP contribution is 2.42. The molecule has 0 radical (unpaired) electrons. The summed E-state index contributed by atoms with van der Waals surface area (Å²) in [6.45, 7) is 4.43. The molecule has 1 aromatic rings. The first-order valence-electron chi connectivity index (χ1n) is 16.7. The van der Waals surface area contributed by atoms with Crippen LogP contribution >= 0.6 is 23.1 Å². The summed E-state index contributed by atoms with van der Waals surface area (Å²) in [5.41, 5.74) is 0. The fourth-order valence-electron chi connectivity index (χ4n) is 5.43. The van der Waals surface area contributed by atoms with Gasteiger partial charge in [0.1, 0.15) is 13.2 Å². The predicted molar refractivity (Wildman–Crippen MR) is 173 cm³/mol. The van der Waals surface area contributed by atoms with Gasteiger partial charge in [-0.15, -0.1) is 0 Å². The second-order valence-electron chi connectivity index (χ2n) is 11.6. The molecule has 0 saturated carbocycles. The van der Waals surface area contributed by atoms with Gasteiger partial charge < -0.3 is 31.8 Å². The number of nitrogens with zero attached hydrogens (tertiary/aromatic N) is 1. The number of ether oxygens (including phenoxy) is 2. The Morgan fingerprint density at radius 1 is 0.857 bits per heavy atom. The summed E-state index contributed by atoms with van der Waals surface area (Å²) in [5.74, 6) is 1.40. The van der Waals surface area contributed by atoms with E-state index in [1.807, 2.05) is 11.8 Å². The molecule has 2 unspecified atom stereocenters. The third kappa shape index (κ3) is 18.1. The van der Waals surface area contributed by atoms with Gasteiger partial charge in [-0.05, 0) is 19.3 Å². The van der Waals surface area contributed by atoms with Crippen LogP contribution in [-0.4, -0.2) is 43.3 Å². The van der Waals surface area contributed by atoms with E-state index in [-0.39, 0.29) is 29.0 Å². The zero-order valence-electron chi connectivity index (χ0n) is 26.6. The van der Waals surface area contributed by atoms with Crippen LogP contribution < -0.4 is 26.9 Å². The van der Waals surface area contributed by atoms with Crippen molar-refractivity contribution in [2.75, 3.05) is 26.0 Å². The Morgan fingerprint density at radius 2 is 1.43 bits per heavy atom. The van der Waals surface area contributed by atoms with Crippen molar-refractivity contribution >= 4 is 35.2 Å². The molecule has 0 spiro atoms. The van der Waals surface area contributed by atoms with Crippen molar-refractivity contribution in [3.63, 3.8) is 0 Å². The molecule has 0 aromatic carbocycles. The molecule has 1 aliphatic rings. The fraction of sp³-hybridized carbons (Fsp3) is 0.848. The summed E-state index contributed by atoms with van der Waals surface area (Å²) >= 11 is 3.68. The quantitative estimate of drug-likeness (QED) is 0.0739. The number of carbonyl (C=O) groups is 2. The summed E-state index contributed by atoms with van der Waals surface area (Å²) < 4.78 is 12.6. The van der Waals surface area contributed by atoms with Gasteiger partial charge in [0.2, 0.25) is 5.01 Å². The van der Waals surface area contributed by atoms with Gasteiger partial charge in [0.05, 0.1) is 23.7 Å². The highest BCUT2D eigenvalue weighted by Gasteiger charge is 2.40. The first-order chi connectivity index (χ1) is 20.2. The van der Waals surface area contributed by atoms with E-state index >= 15 is 0 Å². The van der Waals surface area contributed by atoms with Crippen LogP contribution in [0.1, 0.15) is 146 Å². The first kappa shape index (κ1) is 39.2. The molecule has 1 fully saturated rings. The average molecular weight is 692 g/mol. The molecule has 0 aliphatic carbocycles. The number of methoxy groups -OCH3 is 1. The lowest BCUT2D eigenvalue weighted by atomic mass is 10.0. The number of thioether (sulfide) groups is 1. The summed E-state index contributed by atoms with van der Waals surface area (Å²) in [5, 5.41) is 6.80. The fourth-order valence-corrected chi connectivity index (χ4v) is 7.78. The third-order valence-corrected chi connectivity index (χ3v) is 10.6. The van der Waals surface area contributed by atoms with Crippen LogP contribution in [0.4, 0.5) is 4.79 Å². The number of nitrogens with one attached hydrogen (secondary N) is 1. The number of halogens is 1.